The molecule has 0 radical (unpaired) electrons. The van der Waals surface area contributed by atoms with E-state index in [1.54, 1.807) is 35.3 Å². The molecule has 1 spiro atoms. The SMILES string of the molecule is COc1cc(-c2ccc(Cn3ncc4cc(Cl)cc(C(=O)NC5CC6(CC(CCOC(C)=O)C6)C5)c43)cn2)ccc1F. The van der Waals surface area contributed by atoms with E-state index in [9.17, 15) is 14.0 Å². The van der Waals surface area contributed by atoms with Crippen molar-refractivity contribution in [2.45, 2.75) is 51.6 Å². The number of aromatic nitrogens is 3. The molecule has 0 saturated heterocycles. The van der Waals surface area contributed by atoms with E-state index in [0.717, 1.165) is 48.6 Å². The van der Waals surface area contributed by atoms with Gasteiger partial charge in [0.25, 0.3) is 5.91 Å². The first-order chi connectivity index (χ1) is 20.2. The topological polar surface area (TPSA) is 95.3 Å². The van der Waals surface area contributed by atoms with Crippen molar-refractivity contribution in [3.05, 3.63) is 76.8 Å². The number of carbonyl (C=O) groups is 2. The number of methoxy groups -OCH3 is 1. The third-order valence-electron chi connectivity index (χ3n) is 8.52. The van der Waals surface area contributed by atoms with Crippen LogP contribution >= 0.6 is 11.6 Å². The lowest BCUT2D eigenvalue weighted by atomic mass is 9.49. The number of amides is 1. The number of pyridine rings is 1. The molecule has 2 aliphatic carbocycles. The Balaban J connectivity index is 1.12. The average Bonchev–Trinajstić information content (AvgIpc) is 3.32. The molecule has 0 unspecified atom stereocenters. The van der Waals surface area contributed by atoms with E-state index in [0.29, 0.717) is 46.3 Å². The maximum Gasteiger partial charge on any atom is 0.302 e. The zero-order valence-electron chi connectivity index (χ0n) is 23.5. The lowest BCUT2D eigenvalue weighted by Crippen LogP contribution is -2.56. The predicted octanol–water partition coefficient (Wildman–Crippen LogP) is 6.19. The number of esters is 1. The Bertz CT molecular complexity index is 1640. The Morgan fingerprint density at radius 3 is 2.64 bits per heavy atom. The molecule has 1 amide bonds. The van der Waals surface area contributed by atoms with Gasteiger partial charge in [0.15, 0.2) is 11.6 Å². The minimum Gasteiger partial charge on any atom is -0.494 e. The van der Waals surface area contributed by atoms with Crippen LogP contribution in [0.4, 0.5) is 4.39 Å². The summed E-state index contributed by atoms with van der Waals surface area (Å²) in [7, 11) is 1.43. The summed E-state index contributed by atoms with van der Waals surface area (Å²) in [5.74, 6) is -0.0656. The molecule has 4 aromatic rings. The maximum atomic E-state index is 13.8. The van der Waals surface area contributed by atoms with E-state index < -0.39 is 5.82 Å². The standard InChI is InChI=1S/C32H32ClFN4O4/c1-19(39)42-8-7-20-12-32(13-20)14-25(15-32)37-31(40)26-11-24(33)9-23-17-36-38(30(23)26)18-21-3-6-28(35-16-21)22-4-5-27(34)29(10-22)41-2/h3-6,9-11,16-17,20,25H,7-8,12-15,18H2,1-2H3,(H,37,40). The van der Waals surface area contributed by atoms with E-state index in [4.69, 9.17) is 21.1 Å². The fourth-order valence-corrected chi connectivity index (χ4v) is 6.82. The van der Waals surface area contributed by atoms with Gasteiger partial charge in [-0.2, -0.15) is 5.10 Å². The first-order valence-electron chi connectivity index (χ1n) is 14.1. The van der Waals surface area contributed by atoms with Crippen LogP contribution in [0.15, 0.2) is 54.9 Å². The summed E-state index contributed by atoms with van der Waals surface area (Å²) in [5.41, 5.74) is 3.85. The van der Waals surface area contributed by atoms with E-state index in [1.165, 1.54) is 20.1 Å². The van der Waals surface area contributed by atoms with Crippen molar-refractivity contribution in [3.8, 4) is 17.0 Å². The molecule has 2 heterocycles. The molecule has 0 bridgehead atoms. The minimum absolute atomic E-state index is 0.124. The van der Waals surface area contributed by atoms with Gasteiger partial charge in [-0.3, -0.25) is 19.3 Å². The first kappa shape index (κ1) is 28.2. The van der Waals surface area contributed by atoms with Crippen LogP contribution in [0.1, 0.15) is 54.9 Å². The molecule has 2 fully saturated rings. The molecule has 2 aliphatic rings. The summed E-state index contributed by atoms with van der Waals surface area (Å²) in [6, 6.07) is 12.1. The lowest BCUT2D eigenvalue weighted by molar-refractivity contribution is -0.142. The number of carbonyl (C=O) groups excluding carboxylic acids is 2. The molecule has 42 heavy (non-hydrogen) atoms. The van der Waals surface area contributed by atoms with Crippen molar-refractivity contribution in [3.63, 3.8) is 0 Å². The van der Waals surface area contributed by atoms with Crippen LogP contribution in [-0.2, 0) is 16.1 Å². The number of fused-ring (bicyclic) bond motifs is 1. The van der Waals surface area contributed by atoms with Crippen LogP contribution in [0.2, 0.25) is 5.02 Å². The minimum atomic E-state index is -0.426. The number of nitrogens with one attached hydrogen (secondary N) is 1. The van der Waals surface area contributed by atoms with Crippen molar-refractivity contribution in [1.29, 1.82) is 0 Å². The highest BCUT2D eigenvalue weighted by molar-refractivity contribution is 6.32. The van der Waals surface area contributed by atoms with E-state index in [2.05, 4.69) is 15.4 Å². The zero-order chi connectivity index (χ0) is 29.4. The second-order valence-electron chi connectivity index (χ2n) is 11.6. The van der Waals surface area contributed by atoms with Gasteiger partial charge in [0.2, 0.25) is 0 Å². The average molecular weight is 591 g/mol. The predicted molar refractivity (Wildman–Crippen MR) is 157 cm³/mol. The van der Waals surface area contributed by atoms with Gasteiger partial charge in [-0.25, -0.2) is 4.39 Å². The number of hydrogen-bond acceptors (Lipinski definition) is 6. The second kappa shape index (κ2) is 11.4. The van der Waals surface area contributed by atoms with Crippen LogP contribution in [0.3, 0.4) is 0 Å². The molecule has 6 rings (SSSR count). The largest absolute Gasteiger partial charge is 0.494 e. The Kier molecular flexibility index (Phi) is 7.62. The Morgan fingerprint density at radius 2 is 1.93 bits per heavy atom. The van der Waals surface area contributed by atoms with Crippen LogP contribution < -0.4 is 10.1 Å². The van der Waals surface area contributed by atoms with Crippen molar-refractivity contribution in [1.82, 2.24) is 20.1 Å². The van der Waals surface area contributed by atoms with Crippen LogP contribution in [0, 0.1) is 17.2 Å². The highest BCUT2D eigenvalue weighted by atomic mass is 35.5. The first-order valence-corrected chi connectivity index (χ1v) is 14.5. The Hall–Kier alpha value is -3.98. The molecule has 2 aromatic heterocycles. The van der Waals surface area contributed by atoms with Gasteiger partial charge >= 0.3 is 5.97 Å². The van der Waals surface area contributed by atoms with Gasteiger partial charge in [0.05, 0.1) is 43.2 Å². The zero-order valence-corrected chi connectivity index (χ0v) is 24.3. The fraction of sp³-hybridized carbons (Fsp3) is 0.375. The summed E-state index contributed by atoms with van der Waals surface area (Å²) in [5, 5.41) is 9.03. The number of nitrogens with zero attached hydrogens (tertiary/aromatic N) is 3. The number of ether oxygens (including phenoxy) is 2. The Labute approximate surface area is 248 Å². The van der Waals surface area contributed by atoms with Gasteiger partial charge in [0, 0.05) is 35.1 Å². The van der Waals surface area contributed by atoms with Crippen LogP contribution in [0.25, 0.3) is 22.2 Å². The molecule has 0 aliphatic heterocycles. The van der Waals surface area contributed by atoms with Gasteiger partial charge < -0.3 is 14.8 Å². The van der Waals surface area contributed by atoms with E-state index >= 15 is 0 Å². The molecule has 1 N–H and O–H groups in total. The summed E-state index contributed by atoms with van der Waals surface area (Å²) >= 11 is 6.39. The van der Waals surface area contributed by atoms with Gasteiger partial charge in [-0.05, 0) is 85.4 Å². The molecule has 0 atom stereocenters. The highest BCUT2D eigenvalue weighted by Gasteiger charge is 2.52. The molecule has 2 saturated carbocycles. The smallest absolute Gasteiger partial charge is 0.302 e. The number of halogens is 2. The number of rotatable bonds is 9. The van der Waals surface area contributed by atoms with Gasteiger partial charge in [0.1, 0.15) is 0 Å². The summed E-state index contributed by atoms with van der Waals surface area (Å²) < 4.78 is 25.8. The maximum absolute atomic E-state index is 13.8. The van der Waals surface area contributed by atoms with Gasteiger partial charge in [-0.1, -0.05) is 17.7 Å². The van der Waals surface area contributed by atoms with Crippen molar-refractivity contribution < 1.29 is 23.5 Å². The third kappa shape index (κ3) is 5.70. The molecule has 2 aromatic carbocycles. The fourth-order valence-electron chi connectivity index (χ4n) is 6.59. The molecular formula is C32H32ClFN4O4. The molecule has 10 heteroatoms. The highest BCUT2D eigenvalue weighted by Crippen LogP contribution is 2.59. The van der Waals surface area contributed by atoms with Crippen LogP contribution in [-0.4, -0.2) is 46.4 Å². The molecule has 218 valence electrons. The van der Waals surface area contributed by atoms with Crippen LogP contribution in [0.5, 0.6) is 5.75 Å². The van der Waals surface area contributed by atoms with Crippen molar-refractivity contribution >= 4 is 34.4 Å². The lowest BCUT2D eigenvalue weighted by Gasteiger charge is -2.58. The molecular weight excluding hydrogens is 559 g/mol. The summed E-state index contributed by atoms with van der Waals surface area (Å²) in [4.78, 5) is 29.0. The Morgan fingerprint density at radius 1 is 1.12 bits per heavy atom. The van der Waals surface area contributed by atoms with E-state index in [1.807, 2.05) is 18.2 Å². The summed E-state index contributed by atoms with van der Waals surface area (Å²) in [6.45, 7) is 2.33. The summed E-state index contributed by atoms with van der Waals surface area (Å²) in [6.07, 6.45) is 8.54. The molecule has 8 nitrogen and oxygen atoms in total. The van der Waals surface area contributed by atoms with Gasteiger partial charge in [-0.15, -0.1) is 0 Å². The van der Waals surface area contributed by atoms with Crippen molar-refractivity contribution in [2.24, 2.45) is 11.3 Å². The van der Waals surface area contributed by atoms with Crippen molar-refractivity contribution in [2.75, 3.05) is 13.7 Å². The van der Waals surface area contributed by atoms with E-state index in [-0.39, 0.29) is 23.7 Å². The number of benzene rings is 2. The number of hydrogen-bond donors (Lipinski definition) is 1. The monoisotopic (exact) mass is 590 g/mol. The quantitative estimate of drug-likeness (QED) is 0.234. The normalized spacial score (nSPS) is 21.0. The second-order valence-corrected chi connectivity index (χ2v) is 12.0. The third-order valence-corrected chi connectivity index (χ3v) is 8.73.